The lowest BCUT2D eigenvalue weighted by Crippen LogP contribution is -2.41. The molecule has 0 saturated heterocycles. The molecule has 0 aliphatic heterocycles. The van der Waals surface area contributed by atoms with E-state index in [0.717, 1.165) is 11.1 Å². The van der Waals surface area contributed by atoms with Gasteiger partial charge in [0.15, 0.2) is 0 Å². The van der Waals surface area contributed by atoms with Gasteiger partial charge in [-0.25, -0.2) is 0 Å². The van der Waals surface area contributed by atoms with Crippen LogP contribution in [0.25, 0.3) is 0 Å². The highest BCUT2D eigenvalue weighted by atomic mass is 16.3. The van der Waals surface area contributed by atoms with Crippen molar-refractivity contribution in [2.24, 2.45) is 11.7 Å². The topological polar surface area (TPSA) is 75.4 Å². The van der Waals surface area contributed by atoms with E-state index in [9.17, 15) is 4.79 Å². The van der Waals surface area contributed by atoms with Gasteiger partial charge in [-0.15, -0.1) is 0 Å². The molecular weight excluding hydrogens is 228 g/mol. The van der Waals surface area contributed by atoms with Gasteiger partial charge < -0.3 is 16.2 Å². The molecule has 0 bridgehead atoms. The molecule has 0 aliphatic rings. The first kappa shape index (κ1) is 14.7. The minimum Gasteiger partial charge on any atom is -0.392 e. The molecule has 0 unspecified atom stereocenters. The van der Waals surface area contributed by atoms with Crippen LogP contribution in [0, 0.1) is 5.92 Å². The molecule has 4 N–H and O–H groups in total. The van der Waals surface area contributed by atoms with Crippen molar-refractivity contribution in [3.8, 4) is 0 Å². The zero-order chi connectivity index (χ0) is 13.5. The molecule has 0 aromatic heterocycles. The molecule has 1 amide bonds. The molecule has 4 heteroatoms. The van der Waals surface area contributed by atoms with Crippen LogP contribution in [0.15, 0.2) is 24.3 Å². The fourth-order valence-electron chi connectivity index (χ4n) is 1.77. The Balaban J connectivity index is 2.46. The van der Waals surface area contributed by atoms with E-state index < -0.39 is 6.04 Å². The van der Waals surface area contributed by atoms with Gasteiger partial charge in [-0.3, -0.25) is 4.79 Å². The Hall–Kier alpha value is -1.39. The SMILES string of the molecule is CC(C)C[C@H](N)C(=O)NCc1cccc(CO)c1. The molecule has 0 aliphatic carbocycles. The summed E-state index contributed by atoms with van der Waals surface area (Å²) in [4.78, 5) is 11.7. The summed E-state index contributed by atoms with van der Waals surface area (Å²) in [6.07, 6.45) is 0.683. The third kappa shape index (κ3) is 4.85. The molecule has 18 heavy (non-hydrogen) atoms. The summed E-state index contributed by atoms with van der Waals surface area (Å²) in [6.45, 7) is 4.53. The fraction of sp³-hybridized carbons (Fsp3) is 0.500. The van der Waals surface area contributed by atoms with Crippen LogP contribution < -0.4 is 11.1 Å². The lowest BCUT2D eigenvalue weighted by molar-refractivity contribution is -0.122. The maximum absolute atomic E-state index is 11.7. The van der Waals surface area contributed by atoms with Gasteiger partial charge >= 0.3 is 0 Å². The van der Waals surface area contributed by atoms with Gasteiger partial charge in [0, 0.05) is 6.54 Å². The Morgan fingerprint density at radius 2 is 2.06 bits per heavy atom. The van der Waals surface area contributed by atoms with Crippen LogP contribution in [-0.2, 0) is 17.9 Å². The van der Waals surface area contributed by atoms with Crippen molar-refractivity contribution in [2.45, 2.75) is 39.5 Å². The number of hydrogen-bond acceptors (Lipinski definition) is 3. The van der Waals surface area contributed by atoms with Gasteiger partial charge in [0.1, 0.15) is 0 Å². The van der Waals surface area contributed by atoms with Crippen molar-refractivity contribution in [2.75, 3.05) is 0 Å². The van der Waals surface area contributed by atoms with Gasteiger partial charge in [-0.05, 0) is 23.5 Å². The van der Waals surface area contributed by atoms with E-state index in [2.05, 4.69) is 5.32 Å². The summed E-state index contributed by atoms with van der Waals surface area (Å²) >= 11 is 0. The molecule has 0 spiro atoms. The Morgan fingerprint density at radius 1 is 1.39 bits per heavy atom. The Kier molecular flexibility index (Phi) is 5.82. The van der Waals surface area contributed by atoms with Crippen molar-refractivity contribution in [1.29, 1.82) is 0 Å². The second kappa shape index (κ2) is 7.13. The molecule has 0 fully saturated rings. The standard InChI is InChI=1S/C14H22N2O2/c1-10(2)6-13(15)14(18)16-8-11-4-3-5-12(7-11)9-17/h3-5,7,10,13,17H,6,8-9,15H2,1-2H3,(H,16,18)/t13-/m0/s1. The van der Waals surface area contributed by atoms with Crippen LogP contribution in [0.4, 0.5) is 0 Å². The maximum atomic E-state index is 11.7. The number of benzene rings is 1. The van der Waals surface area contributed by atoms with Crippen molar-refractivity contribution in [3.63, 3.8) is 0 Å². The van der Waals surface area contributed by atoms with E-state index in [0.29, 0.717) is 18.9 Å². The predicted octanol–water partition coefficient (Wildman–Crippen LogP) is 1.17. The first-order valence-electron chi connectivity index (χ1n) is 6.25. The molecule has 1 aromatic carbocycles. The number of carbonyl (C=O) groups excluding carboxylic acids is 1. The van der Waals surface area contributed by atoms with E-state index in [1.807, 2.05) is 38.1 Å². The van der Waals surface area contributed by atoms with Gasteiger partial charge in [0.2, 0.25) is 5.91 Å². The van der Waals surface area contributed by atoms with E-state index in [-0.39, 0.29) is 12.5 Å². The van der Waals surface area contributed by atoms with Crippen molar-refractivity contribution >= 4 is 5.91 Å². The highest BCUT2D eigenvalue weighted by molar-refractivity contribution is 5.81. The van der Waals surface area contributed by atoms with Crippen LogP contribution in [0.3, 0.4) is 0 Å². The molecule has 0 radical (unpaired) electrons. The van der Waals surface area contributed by atoms with Crippen molar-refractivity contribution < 1.29 is 9.90 Å². The summed E-state index contributed by atoms with van der Waals surface area (Å²) < 4.78 is 0. The normalized spacial score (nSPS) is 12.5. The summed E-state index contributed by atoms with van der Waals surface area (Å²) in [6, 6.07) is 7.03. The molecule has 4 nitrogen and oxygen atoms in total. The highest BCUT2D eigenvalue weighted by Crippen LogP contribution is 2.06. The quantitative estimate of drug-likeness (QED) is 0.709. The van der Waals surface area contributed by atoms with Gasteiger partial charge in [0.05, 0.1) is 12.6 Å². The lowest BCUT2D eigenvalue weighted by Gasteiger charge is -2.14. The second-order valence-corrected chi connectivity index (χ2v) is 4.93. The summed E-state index contributed by atoms with van der Waals surface area (Å²) in [5.74, 6) is 0.279. The smallest absolute Gasteiger partial charge is 0.237 e. The van der Waals surface area contributed by atoms with Crippen LogP contribution in [0.1, 0.15) is 31.4 Å². The van der Waals surface area contributed by atoms with Gasteiger partial charge in [0.25, 0.3) is 0 Å². The van der Waals surface area contributed by atoms with E-state index >= 15 is 0 Å². The molecule has 0 saturated carbocycles. The molecule has 1 atom stereocenters. The maximum Gasteiger partial charge on any atom is 0.237 e. The van der Waals surface area contributed by atoms with E-state index in [1.165, 1.54) is 0 Å². The summed E-state index contributed by atoms with van der Waals surface area (Å²) in [5, 5.41) is 11.8. The number of rotatable bonds is 6. The molecule has 1 aromatic rings. The number of nitrogens with one attached hydrogen (secondary N) is 1. The highest BCUT2D eigenvalue weighted by Gasteiger charge is 2.14. The predicted molar refractivity (Wildman–Crippen MR) is 71.6 cm³/mol. The molecular formula is C14H22N2O2. The Bertz CT molecular complexity index is 391. The third-order valence-electron chi connectivity index (χ3n) is 2.70. The molecule has 100 valence electrons. The van der Waals surface area contributed by atoms with Crippen LogP contribution in [0.5, 0.6) is 0 Å². The number of aliphatic hydroxyl groups is 1. The Morgan fingerprint density at radius 3 is 2.67 bits per heavy atom. The van der Waals surface area contributed by atoms with Crippen LogP contribution in [0.2, 0.25) is 0 Å². The fourth-order valence-corrected chi connectivity index (χ4v) is 1.77. The number of amides is 1. The van der Waals surface area contributed by atoms with Gasteiger partial charge in [-0.1, -0.05) is 38.1 Å². The summed E-state index contributed by atoms with van der Waals surface area (Å²) in [5.41, 5.74) is 7.59. The minimum atomic E-state index is -0.453. The average molecular weight is 250 g/mol. The first-order chi connectivity index (χ1) is 8.52. The largest absolute Gasteiger partial charge is 0.392 e. The molecule has 1 rings (SSSR count). The van der Waals surface area contributed by atoms with E-state index in [1.54, 1.807) is 0 Å². The second-order valence-electron chi connectivity index (χ2n) is 4.93. The van der Waals surface area contributed by atoms with Crippen LogP contribution >= 0.6 is 0 Å². The zero-order valence-electron chi connectivity index (χ0n) is 11.0. The monoisotopic (exact) mass is 250 g/mol. The molecule has 0 heterocycles. The third-order valence-corrected chi connectivity index (χ3v) is 2.70. The lowest BCUT2D eigenvalue weighted by atomic mass is 10.0. The van der Waals surface area contributed by atoms with Crippen molar-refractivity contribution in [3.05, 3.63) is 35.4 Å². The average Bonchev–Trinajstić information content (AvgIpc) is 2.35. The number of aliphatic hydroxyl groups excluding tert-OH is 1. The van der Waals surface area contributed by atoms with E-state index in [4.69, 9.17) is 10.8 Å². The summed E-state index contributed by atoms with van der Waals surface area (Å²) in [7, 11) is 0. The number of hydrogen-bond donors (Lipinski definition) is 3. The minimum absolute atomic E-state index is 0.00858. The zero-order valence-corrected chi connectivity index (χ0v) is 11.0. The van der Waals surface area contributed by atoms with Crippen molar-refractivity contribution in [1.82, 2.24) is 5.32 Å². The Labute approximate surface area is 108 Å². The number of carbonyl (C=O) groups is 1. The van der Waals surface area contributed by atoms with Crippen LogP contribution in [-0.4, -0.2) is 17.1 Å². The van der Waals surface area contributed by atoms with Gasteiger partial charge in [-0.2, -0.15) is 0 Å². The first-order valence-corrected chi connectivity index (χ1v) is 6.25. The number of nitrogens with two attached hydrogens (primary N) is 1.